The van der Waals surface area contributed by atoms with E-state index in [1.165, 1.54) is 6.42 Å². The maximum Gasteiger partial charge on any atom is 0.220 e. The SMILES string of the molecule is O=C(CCCCBr)NC1CC2CCC1O2. The maximum atomic E-state index is 11.6. The molecule has 2 aliphatic heterocycles. The van der Waals surface area contributed by atoms with Crippen molar-refractivity contribution in [2.75, 3.05) is 5.33 Å². The monoisotopic (exact) mass is 275 g/mol. The van der Waals surface area contributed by atoms with Crippen molar-refractivity contribution in [3.63, 3.8) is 0 Å². The van der Waals surface area contributed by atoms with Crippen molar-refractivity contribution in [3.05, 3.63) is 0 Å². The smallest absolute Gasteiger partial charge is 0.220 e. The van der Waals surface area contributed by atoms with Gasteiger partial charge in [-0.2, -0.15) is 0 Å². The van der Waals surface area contributed by atoms with Crippen molar-refractivity contribution in [1.29, 1.82) is 0 Å². The van der Waals surface area contributed by atoms with E-state index >= 15 is 0 Å². The Hall–Kier alpha value is -0.0900. The third-order valence-electron chi connectivity index (χ3n) is 3.24. The lowest BCUT2D eigenvalue weighted by Crippen LogP contribution is -2.41. The van der Waals surface area contributed by atoms with Gasteiger partial charge < -0.3 is 10.1 Å². The highest BCUT2D eigenvalue weighted by Crippen LogP contribution is 2.34. The number of carbonyl (C=O) groups excluding carboxylic acids is 1. The van der Waals surface area contributed by atoms with E-state index in [1.807, 2.05) is 0 Å². The number of amides is 1. The van der Waals surface area contributed by atoms with E-state index in [0.717, 1.165) is 31.0 Å². The zero-order valence-corrected chi connectivity index (χ0v) is 10.5. The number of unbranched alkanes of at least 4 members (excludes halogenated alkanes) is 1. The molecule has 15 heavy (non-hydrogen) atoms. The first-order valence-electron chi connectivity index (χ1n) is 5.80. The predicted molar refractivity (Wildman–Crippen MR) is 62.1 cm³/mol. The van der Waals surface area contributed by atoms with E-state index in [2.05, 4.69) is 21.2 Å². The lowest BCUT2D eigenvalue weighted by atomic mass is 9.95. The summed E-state index contributed by atoms with van der Waals surface area (Å²) in [6.07, 6.45) is 6.74. The summed E-state index contributed by atoms with van der Waals surface area (Å²) in [6.45, 7) is 0. The molecule has 0 aromatic carbocycles. The molecule has 0 aromatic heterocycles. The second kappa shape index (κ2) is 5.30. The van der Waals surface area contributed by atoms with Crippen LogP contribution in [0.2, 0.25) is 0 Å². The molecule has 4 heteroatoms. The normalized spacial score (nSPS) is 33.3. The van der Waals surface area contributed by atoms with Gasteiger partial charge in [-0.05, 0) is 32.1 Å². The second-order valence-corrected chi connectivity index (χ2v) is 5.22. The van der Waals surface area contributed by atoms with Crippen LogP contribution in [0.4, 0.5) is 0 Å². The summed E-state index contributed by atoms with van der Waals surface area (Å²) >= 11 is 3.36. The van der Waals surface area contributed by atoms with Gasteiger partial charge in [0.15, 0.2) is 0 Å². The minimum absolute atomic E-state index is 0.192. The van der Waals surface area contributed by atoms with Crippen LogP contribution < -0.4 is 5.32 Å². The number of carbonyl (C=O) groups is 1. The van der Waals surface area contributed by atoms with Crippen LogP contribution in [0.3, 0.4) is 0 Å². The Bertz CT molecular complexity index is 235. The molecular weight excluding hydrogens is 258 g/mol. The number of hydrogen-bond donors (Lipinski definition) is 1. The van der Waals surface area contributed by atoms with Crippen LogP contribution >= 0.6 is 15.9 Å². The van der Waals surface area contributed by atoms with Gasteiger partial charge in [-0.3, -0.25) is 4.79 Å². The Morgan fingerprint density at radius 1 is 1.40 bits per heavy atom. The molecule has 2 aliphatic rings. The number of nitrogens with one attached hydrogen (secondary N) is 1. The summed E-state index contributed by atoms with van der Waals surface area (Å²) < 4.78 is 5.69. The highest BCUT2D eigenvalue weighted by atomic mass is 79.9. The molecule has 2 bridgehead atoms. The molecular formula is C11H18BrNO2. The van der Waals surface area contributed by atoms with E-state index in [9.17, 15) is 4.79 Å². The number of alkyl halides is 1. The van der Waals surface area contributed by atoms with Crippen LogP contribution in [0.25, 0.3) is 0 Å². The Morgan fingerprint density at radius 3 is 2.87 bits per heavy atom. The molecule has 0 saturated carbocycles. The molecule has 2 fully saturated rings. The molecule has 0 aromatic rings. The first-order valence-corrected chi connectivity index (χ1v) is 6.92. The molecule has 3 nitrogen and oxygen atoms in total. The summed E-state index contributed by atoms with van der Waals surface area (Å²) in [5.74, 6) is 0.192. The van der Waals surface area contributed by atoms with E-state index in [4.69, 9.17) is 4.74 Å². The van der Waals surface area contributed by atoms with Crippen LogP contribution in [0.5, 0.6) is 0 Å². The molecule has 0 spiro atoms. The summed E-state index contributed by atoms with van der Waals surface area (Å²) in [4.78, 5) is 11.6. The van der Waals surface area contributed by atoms with E-state index in [1.54, 1.807) is 0 Å². The topological polar surface area (TPSA) is 38.3 Å². The quantitative estimate of drug-likeness (QED) is 0.616. The second-order valence-electron chi connectivity index (χ2n) is 4.43. The molecule has 1 N–H and O–H groups in total. The lowest BCUT2D eigenvalue weighted by Gasteiger charge is -2.19. The van der Waals surface area contributed by atoms with Crippen LogP contribution in [-0.4, -0.2) is 29.5 Å². The van der Waals surface area contributed by atoms with E-state index in [0.29, 0.717) is 24.7 Å². The molecule has 2 rings (SSSR count). The number of ether oxygens (including phenoxy) is 1. The molecule has 1 amide bonds. The van der Waals surface area contributed by atoms with Gasteiger partial charge in [-0.25, -0.2) is 0 Å². The van der Waals surface area contributed by atoms with Gasteiger partial charge >= 0.3 is 0 Å². The van der Waals surface area contributed by atoms with Gasteiger partial charge in [0.1, 0.15) is 0 Å². The fraction of sp³-hybridized carbons (Fsp3) is 0.909. The van der Waals surface area contributed by atoms with Crippen molar-refractivity contribution < 1.29 is 9.53 Å². The van der Waals surface area contributed by atoms with Crippen LogP contribution in [0.1, 0.15) is 38.5 Å². The predicted octanol–water partition coefficient (Wildman–Crippen LogP) is 1.99. The Labute approximate surface area is 99.1 Å². The highest BCUT2D eigenvalue weighted by Gasteiger charge is 2.41. The maximum absolute atomic E-state index is 11.6. The van der Waals surface area contributed by atoms with Crippen molar-refractivity contribution >= 4 is 21.8 Å². The molecule has 2 heterocycles. The fourth-order valence-corrected chi connectivity index (χ4v) is 2.85. The molecule has 2 saturated heterocycles. The highest BCUT2D eigenvalue weighted by molar-refractivity contribution is 9.09. The zero-order chi connectivity index (χ0) is 10.7. The Morgan fingerprint density at radius 2 is 2.27 bits per heavy atom. The average Bonchev–Trinajstić information content (AvgIpc) is 2.79. The first kappa shape index (κ1) is 11.4. The van der Waals surface area contributed by atoms with E-state index in [-0.39, 0.29) is 5.91 Å². The van der Waals surface area contributed by atoms with Gasteiger partial charge in [0.05, 0.1) is 18.2 Å². The van der Waals surface area contributed by atoms with Crippen molar-refractivity contribution in [2.24, 2.45) is 0 Å². The van der Waals surface area contributed by atoms with Crippen molar-refractivity contribution in [1.82, 2.24) is 5.32 Å². The third-order valence-corrected chi connectivity index (χ3v) is 3.80. The number of hydrogen-bond acceptors (Lipinski definition) is 2. The first-order chi connectivity index (χ1) is 7.29. The van der Waals surface area contributed by atoms with Crippen molar-refractivity contribution in [2.45, 2.75) is 56.8 Å². The molecule has 0 radical (unpaired) electrons. The van der Waals surface area contributed by atoms with Gasteiger partial charge in [0, 0.05) is 11.8 Å². The molecule has 3 atom stereocenters. The van der Waals surface area contributed by atoms with Crippen LogP contribution in [0, 0.1) is 0 Å². The fourth-order valence-electron chi connectivity index (χ4n) is 2.45. The van der Waals surface area contributed by atoms with E-state index < -0.39 is 0 Å². The third kappa shape index (κ3) is 2.94. The standard InChI is InChI=1S/C11H18BrNO2/c12-6-2-1-3-11(14)13-9-7-8-4-5-10(9)15-8/h8-10H,1-7H2,(H,13,14). The Kier molecular flexibility index (Phi) is 4.03. The summed E-state index contributed by atoms with van der Waals surface area (Å²) in [6, 6.07) is 0.292. The van der Waals surface area contributed by atoms with Crippen molar-refractivity contribution in [3.8, 4) is 0 Å². The van der Waals surface area contributed by atoms with Gasteiger partial charge in [-0.1, -0.05) is 15.9 Å². The number of fused-ring (bicyclic) bond motifs is 2. The van der Waals surface area contributed by atoms with Crippen LogP contribution in [0.15, 0.2) is 0 Å². The van der Waals surface area contributed by atoms with Gasteiger partial charge in [0.25, 0.3) is 0 Å². The molecule has 86 valence electrons. The lowest BCUT2D eigenvalue weighted by molar-refractivity contribution is -0.122. The van der Waals surface area contributed by atoms with Gasteiger partial charge in [-0.15, -0.1) is 0 Å². The Balaban J connectivity index is 1.66. The minimum atomic E-state index is 0.192. The summed E-state index contributed by atoms with van der Waals surface area (Å²) in [5, 5.41) is 4.07. The number of halogens is 1. The summed E-state index contributed by atoms with van der Waals surface area (Å²) in [5.41, 5.74) is 0. The molecule has 3 unspecified atom stereocenters. The minimum Gasteiger partial charge on any atom is -0.373 e. The largest absolute Gasteiger partial charge is 0.373 e. The van der Waals surface area contributed by atoms with Gasteiger partial charge in [0.2, 0.25) is 5.91 Å². The molecule has 0 aliphatic carbocycles. The summed E-state index contributed by atoms with van der Waals surface area (Å²) in [7, 11) is 0. The van der Waals surface area contributed by atoms with Crippen LogP contribution in [-0.2, 0) is 9.53 Å². The zero-order valence-electron chi connectivity index (χ0n) is 8.88. The number of rotatable bonds is 5. The average molecular weight is 276 g/mol.